The highest BCUT2D eigenvalue weighted by Gasteiger charge is 2.49. The molecular weight excluding hydrogens is 266 g/mol. The summed E-state index contributed by atoms with van der Waals surface area (Å²) in [5.74, 6) is -3.79. The third-order valence-corrected chi connectivity index (χ3v) is 4.07. The van der Waals surface area contributed by atoms with E-state index in [0.29, 0.717) is 5.56 Å². The maximum Gasteiger partial charge on any atom is 0.314 e. The van der Waals surface area contributed by atoms with Crippen molar-refractivity contribution in [3.05, 3.63) is 18.0 Å². The number of aromatic nitrogens is 2. The van der Waals surface area contributed by atoms with Gasteiger partial charge in [-0.25, -0.2) is 8.78 Å². The molecule has 0 unspecified atom stereocenters. The molecule has 1 N–H and O–H groups in total. The third-order valence-electron chi connectivity index (χ3n) is 4.07. The maximum absolute atomic E-state index is 13.3. The molecule has 0 bridgehead atoms. The Balaban J connectivity index is 2.35. The van der Waals surface area contributed by atoms with Crippen LogP contribution >= 0.6 is 0 Å². The van der Waals surface area contributed by atoms with E-state index in [1.165, 1.54) is 6.20 Å². The smallest absolute Gasteiger partial charge is 0.314 e. The molecule has 112 valence electrons. The summed E-state index contributed by atoms with van der Waals surface area (Å²) < 4.78 is 28.3. The van der Waals surface area contributed by atoms with Crippen LogP contribution < -0.4 is 0 Å². The van der Waals surface area contributed by atoms with Gasteiger partial charge in [-0.1, -0.05) is 0 Å². The van der Waals surface area contributed by atoms with E-state index in [-0.39, 0.29) is 31.2 Å². The minimum atomic E-state index is -2.75. The SMILES string of the molecule is CC(C)(C)n1cc(C2(C(=O)O)CCC(F)(F)CC2)cn1. The van der Waals surface area contributed by atoms with Crippen molar-refractivity contribution >= 4 is 5.97 Å². The Labute approximate surface area is 116 Å². The Kier molecular flexibility index (Phi) is 3.38. The van der Waals surface area contributed by atoms with Gasteiger partial charge < -0.3 is 5.11 Å². The monoisotopic (exact) mass is 286 g/mol. The second kappa shape index (κ2) is 4.53. The van der Waals surface area contributed by atoms with Gasteiger partial charge in [-0.2, -0.15) is 5.10 Å². The average molecular weight is 286 g/mol. The predicted octanol–water partition coefficient (Wildman–Crippen LogP) is 3.17. The van der Waals surface area contributed by atoms with Gasteiger partial charge in [-0.05, 0) is 33.6 Å². The summed E-state index contributed by atoms with van der Waals surface area (Å²) in [7, 11) is 0. The quantitative estimate of drug-likeness (QED) is 0.908. The van der Waals surface area contributed by atoms with Crippen molar-refractivity contribution in [1.29, 1.82) is 0 Å². The zero-order chi connectivity index (χ0) is 15.2. The van der Waals surface area contributed by atoms with Crippen LogP contribution in [0.4, 0.5) is 8.78 Å². The molecule has 0 radical (unpaired) electrons. The van der Waals surface area contributed by atoms with Crippen molar-refractivity contribution in [2.24, 2.45) is 0 Å². The molecule has 4 nitrogen and oxygen atoms in total. The lowest BCUT2D eigenvalue weighted by Crippen LogP contribution is -2.42. The fourth-order valence-corrected chi connectivity index (χ4v) is 2.61. The molecule has 1 aromatic heterocycles. The minimum absolute atomic E-state index is 0.0504. The van der Waals surface area contributed by atoms with Gasteiger partial charge in [-0.3, -0.25) is 9.48 Å². The van der Waals surface area contributed by atoms with E-state index in [2.05, 4.69) is 5.10 Å². The molecule has 0 aliphatic heterocycles. The second-order valence-corrected chi connectivity index (χ2v) is 6.59. The number of rotatable bonds is 2. The van der Waals surface area contributed by atoms with Crippen molar-refractivity contribution in [3.63, 3.8) is 0 Å². The molecule has 0 saturated heterocycles. The van der Waals surface area contributed by atoms with Crippen LogP contribution in [0.25, 0.3) is 0 Å². The van der Waals surface area contributed by atoms with Crippen LogP contribution in [-0.4, -0.2) is 26.8 Å². The van der Waals surface area contributed by atoms with Gasteiger partial charge in [0.2, 0.25) is 5.92 Å². The first-order chi connectivity index (χ1) is 9.07. The van der Waals surface area contributed by atoms with E-state index in [4.69, 9.17) is 0 Å². The molecule has 20 heavy (non-hydrogen) atoms. The van der Waals surface area contributed by atoms with Crippen LogP contribution in [0.15, 0.2) is 12.4 Å². The Morgan fingerprint density at radius 1 is 1.30 bits per heavy atom. The summed E-state index contributed by atoms with van der Waals surface area (Å²) >= 11 is 0. The van der Waals surface area contributed by atoms with Gasteiger partial charge in [0.1, 0.15) is 0 Å². The number of hydrogen-bond acceptors (Lipinski definition) is 2. The highest BCUT2D eigenvalue weighted by Crippen LogP contribution is 2.45. The fourth-order valence-electron chi connectivity index (χ4n) is 2.61. The topological polar surface area (TPSA) is 55.1 Å². The molecule has 1 fully saturated rings. The number of halogens is 2. The Morgan fingerprint density at radius 3 is 2.25 bits per heavy atom. The van der Waals surface area contributed by atoms with Crippen molar-refractivity contribution in [1.82, 2.24) is 9.78 Å². The van der Waals surface area contributed by atoms with Gasteiger partial charge in [0, 0.05) is 24.6 Å². The number of nitrogens with zero attached hydrogens (tertiary/aromatic N) is 2. The van der Waals surface area contributed by atoms with Crippen molar-refractivity contribution in [2.75, 3.05) is 0 Å². The minimum Gasteiger partial charge on any atom is -0.481 e. The highest BCUT2D eigenvalue weighted by molar-refractivity contribution is 5.81. The number of aliphatic carboxylic acids is 1. The highest BCUT2D eigenvalue weighted by atomic mass is 19.3. The molecule has 1 heterocycles. The number of carboxylic acid groups (broad SMARTS) is 1. The van der Waals surface area contributed by atoms with Crippen molar-refractivity contribution < 1.29 is 18.7 Å². The lowest BCUT2D eigenvalue weighted by atomic mass is 9.69. The fraction of sp³-hybridized carbons (Fsp3) is 0.714. The zero-order valence-corrected chi connectivity index (χ0v) is 12.0. The average Bonchev–Trinajstić information content (AvgIpc) is 2.78. The summed E-state index contributed by atoms with van der Waals surface area (Å²) in [5.41, 5.74) is -0.975. The van der Waals surface area contributed by atoms with E-state index >= 15 is 0 Å². The Hall–Kier alpha value is -1.46. The first-order valence-electron chi connectivity index (χ1n) is 6.74. The molecule has 6 heteroatoms. The maximum atomic E-state index is 13.3. The Bertz CT molecular complexity index is 507. The van der Waals surface area contributed by atoms with Crippen molar-refractivity contribution in [2.45, 2.75) is 63.3 Å². The van der Waals surface area contributed by atoms with E-state index in [1.807, 2.05) is 20.8 Å². The van der Waals surface area contributed by atoms with Crippen LogP contribution in [0.1, 0.15) is 52.0 Å². The van der Waals surface area contributed by atoms with E-state index in [1.54, 1.807) is 10.9 Å². The van der Waals surface area contributed by atoms with Gasteiger partial charge in [0.15, 0.2) is 0 Å². The second-order valence-electron chi connectivity index (χ2n) is 6.59. The molecular formula is C14H20F2N2O2. The van der Waals surface area contributed by atoms with Gasteiger partial charge >= 0.3 is 5.97 Å². The third kappa shape index (κ3) is 2.55. The first-order valence-corrected chi connectivity index (χ1v) is 6.74. The number of carboxylic acids is 1. The van der Waals surface area contributed by atoms with Crippen LogP contribution in [0, 0.1) is 0 Å². The summed E-state index contributed by atoms with van der Waals surface area (Å²) in [6.45, 7) is 5.85. The molecule has 1 aromatic rings. The number of hydrogen-bond donors (Lipinski definition) is 1. The molecule has 0 amide bonds. The lowest BCUT2D eigenvalue weighted by Gasteiger charge is -2.36. The number of carbonyl (C=O) groups is 1. The molecule has 1 aliphatic carbocycles. The summed E-state index contributed by atoms with van der Waals surface area (Å²) in [5, 5.41) is 13.7. The molecule has 1 saturated carbocycles. The summed E-state index contributed by atoms with van der Waals surface area (Å²) in [6.07, 6.45) is 2.30. The lowest BCUT2D eigenvalue weighted by molar-refractivity contribution is -0.149. The molecule has 2 rings (SSSR count). The van der Waals surface area contributed by atoms with E-state index in [0.717, 1.165) is 0 Å². The largest absolute Gasteiger partial charge is 0.481 e. The van der Waals surface area contributed by atoms with Crippen LogP contribution in [0.2, 0.25) is 0 Å². The first kappa shape index (κ1) is 14.9. The van der Waals surface area contributed by atoms with E-state index < -0.39 is 17.3 Å². The standard InChI is InChI=1S/C14H20F2N2O2/c1-12(2,3)18-9-10(8-17-18)13(11(19)20)4-6-14(15,16)7-5-13/h8-9H,4-7H2,1-3H3,(H,19,20). The molecule has 0 spiro atoms. The van der Waals surface area contributed by atoms with Crippen LogP contribution in [0.3, 0.4) is 0 Å². The van der Waals surface area contributed by atoms with Gasteiger partial charge in [0.05, 0.1) is 17.2 Å². The van der Waals surface area contributed by atoms with Crippen molar-refractivity contribution in [3.8, 4) is 0 Å². The summed E-state index contributed by atoms with van der Waals surface area (Å²) in [6, 6.07) is 0. The van der Waals surface area contributed by atoms with Gasteiger partial charge in [0.25, 0.3) is 0 Å². The van der Waals surface area contributed by atoms with Crippen LogP contribution in [-0.2, 0) is 15.7 Å². The van der Waals surface area contributed by atoms with E-state index in [9.17, 15) is 18.7 Å². The molecule has 1 aliphatic rings. The zero-order valence-electron chi connectivity index (χ0n) is 12.0. The Morgan fingerprint density at radius 2 is 1.85 bits per heavy atom. The molecule has 0 aromatic carbocycles. The summed E-state index contributed by atoms with van der Waals surface area (Å²) in [4.78, 5) is 11.7. The molecule has 0 atom stereocenters. The van der Waals surface area contributed by atoms with Crippen LogP contribution in [0.5, 0.6) is 0 Å². The normalized spacial score (nSPS) is 21.6. The van der Waals surface area contributed by atoms with Gasteiger partial charge in [-0.15, -0.1) is 0 Å². The predicted molar refractivity (Wildman–Crippen MR) is 70.0 cm³/mol. The number of alkyl halides is 2.